The highest BCUT2D eigenvalue weighted by atomic mass is 16.1. The Morgan fingerprint density at radius 1 is 1.00 bits per heavy atom. The number of carbonyl (C=O) groups is 1. The second-order valence-electron chi connectivity index (χ2n) is 6.33. The first kappa shape index (κ1) is 16.1. The highest BCUT2D eigenvalue weighted by molar-refractivity contribution is 6.09. The minimum absolute atomic E-state index is 0.0681. The van der Waals surface area contributed by atoms with Crippen molar-refractivity contribution in [2.45, 2.75) is 20.3 Å². The van der Waals surface area contributed by atoms with Gasteiger partial charge in [-0.3, -0.25) is 4.79 Å². The Morgan fingerprint density at radius 3 is 2.38 bits per heavy atom. The number of nitrogens with zero attached hydrogens (tertiary/aromatic N) is 1. The first-order valence-electron chi connectivity index (χ1n) is 8.06. The van der Waals surface area contributed by atoms with Crippen molar-refractivity contribution in [3.8, 4) is 0 Å². The van der Waals surface area contributed by atoms with E-state index in [1.807, 2.05) is 80.1 Å². The summed E-state index contributed by atoms with van der Waals surface area (Å²) < 4.78 is 1.98. The lowest BCUT2D eigenvalue weighted by Gasteiger charge is -2.10. The largest absolute Gasteiger partial charge is 0.399 e. The minimum atomic E-state index is 0.0681. The summed E-state index contributed by atoms with van der Waals surface area (Å²) in [5, 5.41) is 0. The molecule has 1 heterocycles. The number of hydrogen-bond donors (Lipinski definition) is 1. The number of nitrogens with two attached hydrogens (primary N) is 1. The van der Waals surface area contributed by atoms with Gasteiger partial charge in [-0.05, 0) is 49.2 Å². The lowest BCUT2D eigenvalue weighted by atomic mass is 10.0. The zero-order valence-corrected chi connectivity index (χ0v) is 14.3. The van der Waals surface area contributed by atoms with Crippen LogP contribution in [0.2, 0.25) is 0 Å². The molecule has 3 nitrogen and oxygen atoms in total. The van der Waals surface area contributed by atoms with Crippen molar-refractivity contribution in [1.29, 1.82) is 0 Å². The van der Waals surface area contributed by atoms with Gasteiger partial charge in [0, 0.05) is 30.4 Å². The van der Waals surface area contributed by atoms with Crippen molar-refractivity contribution in [2.75, 3.05) is 5.73 Å². The molecule has 0 spiro atoms. The molecule has 2 N–H and O–H groups in total. The van der Waals surface area contributed by atoms with Crippen molar-refractivity contribution < 1.29 is 4.79 Å². The molecule has 0 saturated heterocycles. The molecule has 122 valence electrons. The molecule has 2 aromatic carbocycles. The molecule has 0 saturated carbocycles. The number of nitrogen functional groups attached to an aromatic ring is 1. The van der Waals surface area contributed by atoms with E-state index in [0.29, 0.717) is 5.69 Å². The molecule has 1 aromatic heterocycles. The van der Waals surface area contributed by atoms with E-state index in [1.165, 1.54) is 11.1 Å². The third-order valence-electron chi connectivity index (χ3n) is 4.45. The quantitative estimate of drug-likeness (QED) is 0.583. The van der Waals surface area contributed by atoms with E-state index in [0.717, 1.165) is 28.9 Å². The standard InChI is InChI=1S/C21H22N2O/c1-14-4-10-19(15(2)12-14)21(24)20-11-9-18(23(20)3)13-16-5-7-17(22)8-6-16/h4-12H,13,22H2,1-3H3. The molecule has 24 heavy (non-hydrogen) atoms. The number of rotatable bonds is 4. The van der Waals surface area contributed by atoms with Gasteiger partial charge >= 0.3 is 0 Å². The van der Waals surface area contributed by atoms with Gasteiger partial charge in [0.25, 0.3) is 0 Å². The zero-order valence-electron chi connectivity index (χ0n) is 14.3. The van der Waals surface area contributed by atoms with Crippen molar-refractivity contribution in [2.24, 2.45) is 7.05 Å². The van der Waals surface area contributed by atoms with E-state index in [4.69, 9.17) is 5.73 Å². The molecular weight excluding hydrogens is 296 g/mol. The maximum Gasteiger partial charge on any atom is 0.209 e. The highest BCUT2D eigenvalue weighted by Gasteiger charge is 2.16. The summed E-state index contributed by atoms with van der Waals surface area (Å²) >= 11 is 0. The van der Waals surface area contributed by atoms with Gasteiger partial charge in [0.1, 0.15) is 0 Å². The molecule has 0 aliphatic rings. The molecule has 0 atom stereocenters. The van der Waals surface area contributed by atoms with Crippen LogP contribution in [0.5, 0.6) is 0 Å². The third-order valence-corrected chi connectivity index (χ3v) is 4.45. The van der Waals surface area contributed by atoms with Crippen molar-refractivity contribution in [3.05, 3.63) is 88.2 Å². The van der Waals surface area contributed by atoms with Crippen LogP contribution in [-0.2, 0) is 13.5 Å². The van der Waals surface area contributed by atoms with Crippen LogP contribution in [0.4, 0.5) is 5.69 Å². The number of benzene rings is 2. The summed E-state index contributed by atoms with van der Waals surface area (Å²) in [7, 11) is 1.95. The average molecular weight is 318 g/mol. The molecule has 3 aromatic rings. The number of hydrogen-bond acceptors (Lipinski definition) is 2. The fraction of sp³-hybridized carbons (Fsp3) is 0.190. The van der Waals surface area contributed by atoms with Gasteiger partial charge in [-0.1, -0.05) is 35.9 Å². The highest BCUT2D eigenvalue weighted by Crippen LogP contribution is 2.19. The van der Waals surface area contributed by atoms with Gasteiger partial charge in [-0.25, -0.2) is 0 Å². The van der Waals surface area contributed by atoms with Crippen molar-refractivity contribution >= 4 is 11.5 Å². The van der Waals surface area contributed by atoms with Crippen LogP contribution >= 0.6 is 0 Å². The van der Waals surface area contributed by atoms with Crippen LogP contribution in [-0.4, -0.2) is 10.4 Å². The topological polar surface area (TPSA) is 48.0 Å². The Balaban J connectivity index is 1.89. The van der Waals surface area contributed by atoms with Crippen LogP contribution in [0.15, 0.2) is 54.6 Å². The second kappa shape index (κ2) is 6.36. The Morgan fingerprint density at radius 2 is 1.71 bits per heavy atom. The van der Waals surface area contributed by atoms with E-state index in [9.17, 15) is 4.79 Å². The van der Waals surface area contributed by atoms with Crippen LogP contribution < -0.4 is 5.73 Å². The molecule has 0 amide bonds. The minimum Gasteiger partial charge on any atom is -0.399 e. The third kappa shape index (κ3) is 3.11. The van der Waals surface area contributed by atoms with Crippen LogP contribution in [0.1, 0.15) is 38.4 Å². The summed E-state index contributed by atoms with van der Waals surface area (Å²) in [6.07, 6.45) is 0.775. The van der Waals surface area contributed by atoms with Gasteiger partial charge in [-0.2, -0.15) is 0 Å². The smallest absolute Gasteiger partial charge is 0.209 e. The number of carbonyl (C=O) groups excluding carboxylic acids is 1. The van der Waals surface area contributed by atoms with E-state index >= 15 is 0 Å². The van der Waals surface area contributed by atoms with Gasteiger partial charge in [0.15, 0.2) is 0 Å². The Kier molecular flexibility index (Phi) is 4.26. The number of aromatic nitrogens is 1. The molecule has 0 aliphatic heterocycles. The summed E-state index contributed by atoms with van der Waals surface area (Å²) in [6.45, 7) is 4.02. The molecule has 0 fully saturated rings. The monoisotopic (exact) mass is 318 g/mol. The molecule has 0 unspecified atom stereocenters. The predicted molar refractivity (Wildman–Crippen MR) is 98.4 cm³/mol. The normalized spacial score (nSPS) is 10.8. The summed E-state index contributed by atoms with van der Waals surface area (Å²) in [5.41, 5.74) is 12.4. The van der Waals surface area contributed by atoms with Gasteiger partial charge in [0.2, 0.25) is 5.78 Å². The SMILES string of the molecule is Cc1ccc(C(=O)c2ccc(Cc3ccc(N)cc3)n2C)c(C)c1. The summed E-state index contributed by atoms with van der Waals surface area (Å²) in [6, 6.07) is 17.7. The molecule has 0 radical (unpaired) electrons. The van der Waals surface area contributed by atoms with Gasteiger partial charge < -0.3 is 10.3 Å². The van der Waals surface area contributed by atoms with E-state index in [-0.39, 0.29) is 5.78 Å². The molecule has 3 rings (SSSR count). The molecule has 0 bridgehead atoms. The first-order chi connectivity index (χ1) is 11.5. The number of anilines is 1. The van der Waals surface area contributed by atoms with Crippen LogP contribution in [0.3, 0.4) is 0 Å². The van der Waals surface area contributed by atoms with E-state index < -0.39 is 0 Å². The lowest BCUT2D eigenvalue weighted by molar-refractivity contribution is 0.103. The number of aryl methyl sites for hydroxylation is 2. The fourth-order valence-electron chi connectivity index (χ4n) is 3.01. The fourth-order valence-corrected chi connectivity index (χ4v) is 3.01. The Bertz CT molecular complexity index is 889. The average Bonchev–Trinajstić information content (AvgIpc) is 2.90. The van der Waals surface area contributed by atoms with Crippen LogP contribution in [0.25, 0.3) is 0 Å². The summed E-state index contributed by atoms with van der Waals surface area (Å²) in [5.74, 6) is 0.0681. The molecule has 3 heteroatoms. The Labute approximate surface area is 142 Å². The second-order valence-corrected chi connectivity index (χ2v) is 6.33. The predicted octanol–water partition coefficient (Wildman–Crippen LogP) is 4.05. The number of ketones is 1. The Hall–Kier alpha value is -2.81. The molecule has 0 aliphatic carbocycles. The van der Waals surface area contributed by atoms with Crippen LogP contribution in [0, 0.1) is 13.8 Å². The maximum absolute atomic E-state index is 12.9. The maximum atomic E-state index is 12.9. The van der Waals surface area contributed by atoms with Crippen molar-refractivity contribution in [1.82, 2.24) is 4.57 Å². The lowest BCUT2D eigenvalue weighted by Crippen LogP contribution is -2.11. The van der Waals surface area contributed by atoms with Gasteiger partial charge in [-0.15, -0.1) is 0 Å². The molecular formula is C21H22N2O. The van der Waals surface area contributed by atoms with E-state index in [2.05, 4.69) is 0 Å². The van der Waals surface area contributed by atoms with Gasteiger partial charge in [0.05, 0.1) is 5.69 Å². The zero-order chi connectivity index (χ0) is 17.3. The van der Waals surface area contributed by atoms with Crippen molar-refractivity contribution in [3.63, 3.8) is 0 Å². The first-order valence-corrected chi connectivity index (χ1v) is 8.06. The van der Waals surface area contributed by atoms with E-state index in [1.54, 1.807) is 0 Å². The summed E-state index contributed by atoms with van der Waals surface area (Å²) in [4.78, 5) is 12.9.